The first-order valence-electron chi connectivity index (χ1n) is 7.93. The zero-order valence-electron chi connectivity index (χ0n) is 14.5. The lowest BCUT2D eigenvalue weighted by Gasteiger charge is -2.22. The number of hydrogen-bond donors (Lipinski definition) is 2. The van der Waals surface area contributed by atoms with Crippen LogP contribution in [-0.2, 0) is 11.3 Å². The van der Waals surface area contributed by atoms with Crippen molar-refractivity contribution in [3.63, 3.8) is 0 Å². The number of amides is 1. The molecule has 1 unspecified atom stereocenters. The number of rotatable bonds is 6. The van der Waals surface area contributed by atoms with Crippen molar-refractivity contribution < 1.29 is 14.4 Å². The summed E-state index contributed by atoms with van der Waals surface area (Å²) in [7, 11) is 3.62. The van der Waals surface area contributed by atoms with Gasteiger partial charge in [0.15, 0.2) is 6.04 Å². The van der Waals surface area contributed by atoms with Crippen molar-refractivity contribution in [1.82, 2.24) is 0 Å². The van der Waals surface area contributed by atoms with Crippen LogP contribution in [0.1, 0.15) is 18.1 Å². The van der Waals surface area contributed by atoms with Crippen LogP contribution in [0.4, 0.5) is 5.69 Å². The lowest BCUT2D eigenvalue weighted by atomic mass is 10.1. The molecule has 0 aliphatic carbocycles. The summed E-state index contributed by atoms with van der Waals surface area (Å²) in [6.45, 7) is 4.56. The summed E-state index contributed by atoms with van der Waals surface area (Å²) in [5.41, 5.74) is 2.92. The Hall–Kier alpha value is -2.04. The molecule has 0 spiro atoms. The topological polar surface area (TPSA) is 42.8 Å². The molecule has 0 aliphatic rings. The number of carbonyl (C=O) groups is 1. The minimum atomic E-state index is -0.214. The van der Waals surface area contributed by atoms with Gasteiger partial charge in [0.25, 0.3) is 5.91 Å². The van der Waals surface area contributed by atoms with E-state index in [0.717, 1.165) is 27.5 Å². The third-order valence-electron chi connectivity index (χ3n) is 4.13. The highest BCUT2D eigenvalue weighted by molar-refractivity contribution is 6.30. The van der Waals surface area contributed by atoms with E-state index in [1.807, 2.05) is 57.3 Å². The van der Waals surface area contributed by atoms with Crippen LogP contribution in [0.2, 0.25) is 5.02 Å². The van der Waals surface area contributed by atoms with E-state index in [1.165, 1.54) is 0 Å². The number of halogens is 1. The SMILES string of the molecule is COc1ccc(Cl)cc1C[NH+](C)[C@H](C)C(=O)Nc1cccc(C)c1. The molecule has 0 saturated heterocycles. The lowest BCUT2D eigenvalue weighted by molar-refractivity contribution is -0.907. The molecule has 0 aliphatic heterocycles. The highest BCUT2D eigenvalue weighted by Crippen LogP contribution is 2.21. The Morgan fingerprint density at radius 3 is 2.71 bits per heavy atom. The molecule has 2 atom stereocenters. The van der Waals surface area contributed by atoms with E-state index in [0.29, 0.717) is 11.6 Å². The number of methoxy groups -OCH3 is 1. The summed E-state index contributed by atoms with van der Waals surface area (Å²) in [5.74, 6) is 0.768. The van der Waals surface area contributed by atoms with Crippen LogP contribution in [0.5, 0.6) is 5.75 Å². The fourth-order valence-corrected chi connectivity index (χ4v) is 2.73. The number of likely N-dealkylation sites (N-methyl/N-ethyl adjacent to an activating group) is 1. The van der Waals surface area contributed by atoms with Gasteiger partial charge in [-0.3, -0.25) is 4.79 Å². The van der Waals surface area contributed by atoms with E-state index in [9.17, 15) is 4.79 Å². The Morgan fingerprint density at radius 2 is 2.04 bits per heavy atom. The molecule has 2 aromatic carbocycles. The van der Waals surface area contributed by atoms with E-state index >= 15 is 0 Å². The second-order valence-corrected chi connectivity index (χ2v) is 6.50. The fraction of sp³-hybridized carbons (Fsp3) is 0.316. The molecular formula is C19H24ClN2O2+. The number of quaternary nitrogens is 1. The number of aryl methyl sites for hydroxylation is 1. The third kappa shape index (κ3) is 4.73. The van der Waals surface area contributed by atoms with Gasteiger partial charge in [0.1, 0.15) is 12.3 Å². The van der Waals surface area contributed by atoms with Crippen LogP contribution in [0.15, 0.2) is 42.5 Å². The Morgan fingerprint density at radius 1 is 1.29 bits per heavy atom. The van der Waals surface area contributed by atoms with E-state index in [2.05, 4.69) is 5.32 Å². The predicted octanol–water partition coefficient (Wildman–Crippen LogP) is 2.70. The molecule has 1 amide bonds. The fourth-order valence-electron chi connectivity index (χ4n) is 2.54. The molecule has 2 N–H and O–H groups in total. The van der Waals surface area contributed by atoms with Gasteiger partial charge in [-0.1, -0.05) is 23.7 Å². The maximum absolute atomic E-state index is 12.5. The minimum absolute atomic E-state index is 0.0147. The van der Waals surface area contributed by atoms with Crippen LogP contribution >= 0.6 is 11.6 Å². The van der Waals surface area contributed by atoms with Crippen molar-refractivity contribution in [2.75, 3.05) is 19.5 Å². The number of anilines is 1. The normalized spacial score (nSPS) is 13.2. The summed E-state index contributed by atoms with van der Waals surface area (Å²) in [6, 6.07) is 13.1. The molecular weight excluding hydrogens is 324 g/mol. The molecule has 2 aromatic rings. The van der Waals surface area contributed by atoms with Crippen LogP contribution in [0, 0.1) is 6.92 Å². The third-order valence-corrected chi connectivity index (χ3v) is 4.36. The molecule has 0 bridgehead atoms. The summed E-state index contributed by atoms with van der Waals surface area (Å²) in [6.07, 6.45) is 0. The van der Waals surface area contributed by atoms with Gasteiger partial charge in [0.05, 0.1) is 14.2 Å². The summed E-state index contributed by atoms with van der Waals surface area (Å²) in [5, 5.41) is 3.63. The van der Waals surface area contributed by atoms with Gasteiger partial charge in [-0.15, -0.1) is 0 Å². The van der Waals surface area contributed by atoms with Gasteiger partial charge in [0, 0.05) is 16.3 Å². The molecule has 0 saturated carbocycles. The Balaban J connectivity index is 2.05. The van der Waals surface area contributed by atoms with Gasteiger partial charge >= 0.3 is 0 Å². The zero-order chi connectivity index (χ0) is 17.7. The van der Waals surface area contributed by atoms with Crippen LogP contribution in [-0.4, -0.2) is 26.1 Å². The average molecular weight is 348 g/mol. The van der Waals surface area contributed by atoms with E-state index in [-0.39, 0.29) is 11.9 Å². The van der Waals surface area contributed by atoms with Crippen molar-refractivity contribution in [3.8, 4) is 5.75 Å². The first kappa shape index (κ1) is 18.3. The first-order chi connectivity index (χ1) is 11.4. The standard InChI is InChI=1S/C19H23ClN2O2/c1-13-6-5-7-17(10-13)21-19(23)14(2)22(3)12-15-11-16(20)8-9-18(15)24-4/h5-11,14H,12H2,1-4H3,(H,21,23)/p+1/t14-/m1/s1. The molecule has 0 heterocycles. The van der Waals surface area contributed by atoms with Gasteiger partial charge in [-0.25, -0.2) is 0 Å². The summed E-state index contributed by atoms with van der Waals surface area (Å²) in [4.78, 5) is 13.5. The smallest absolute Gasteiger partial charge is 0.282 e. The molecule has 24 heavy (non-hydrogen) atoms. The molecule has 0 aromatic heterocycles. The van der Waals surface area contributed by atoms with Gasteiger partial charge < -0.3 is 15.0 Å². The van der Waals surface area contributed by atoms with E-state index < -0.39 is 0 Å². The highest BCUT2D eigenvalue weighted by atomic mass is 35.5. The molecule has 4 nitrogen and oxygen atoms in total. The summed E-state index contributed by atoms with van der Waals surface area (Å²) >= 11 is 6.08. The number of carbonyl (C=O) groups excluding carboxylic acids is 1. The van der Waals surface area contributed by atoms with Crippen molar-refractivity contribution in [1.29, 1.82) is 0 Å². The van der Waals surface area contributed by atoms with E-state index in [4.69, 9.17) is 16.3 Å². The van der Waals surface area contributed by atoms with Crippen molar-refractivity contribution in [3.05, 3.63) is 58.6 Å². The van der Waals surface area contributed by atoms with Crippen LogP contribution in [0.25, 0.3) is 0 Å². The van der Waals surface area contributed by atoms with Gasteiger partial charge in [-0.2, -0.15) is 0 Å². The highest BCUT2D eigenvalue weighted by Gasteiger charge is 2.23. The second-order valence-electron chi connectivity index (χ2n) is 6.06. The lowest BCUT2D eigenvalue weighted by Crippen LogP contribution is -3.12. The van der Waals surface area contributed by atoms with Crippen molar-refractivity contribution in [2.45, 2.75) is 26.4 Å². The van der Waals surface area contributed by atoms with Crippen molar-refractivity contribution in [2.24, 2.45) is 0 Å². The summed E-state index contributed by atoms with van der Waals surface area (Å²) < 4.78 is 5.38. The Kier molecular flexibility index (Phi) is 6.23. The van der Waals surface area contributed by atoms with Crippen LogP contribution < -0.4 is 15.0 Å². The number of benzene rings is 2. The molecule has 5 heteroatoms. The quantitative estimate of drug-likeness (QED) is 0.843. The largest absolute Gasteiger partial charge is 0.496 e. The van der Waals surface area contributed by atoms with E-state index in [1.54, 1.807) is 13.2 Å². The first-order valence-corrected chi connectivity index (χ1v) is 8.30. The Bertz CT molecular complexity index is 718. The minimum Gasteiger partial charge on any atom is -0.496 e. The van der Waals surface area contributed by atoms with Gasteiger partial charge in [0.2, 0.25) is 0 Å². The zero-order valence-corrected chi connectivity index (χ0v) is 15.3. The average Bonchev–Trinajstić information content (AvgIpc) is 2.54. The number of ether oxygens (including phenoxy) is 1. The molecule has 0 fully saturated rings. The maximum Gasteiger partial charge on any atom is 0.282 e. The maximum atomic E-state index is 12.5. The predicted molar refractivity (Wildman–Crippen MR) is 97.9 cm³/mol. The number of nitrogens with one attached hydrogen (secondary N) is 2. The Labute approximate surface area is 148 Å². The number of hydrogen-bond acceptors (Lipinski definition) is 2. The van der Waals surface area contributed by atoms with Crippen LogP contribution in [0.3, 0.4) is 0 Å². The van der Waals surface area contributed by atoms with Gasteiger partial charge in [-0.05, 0) is 49.7 Å². The molecule has 2 rings (SSSR count). The van der Waals surface area contributed by atoms with Crippen molar-refractivity contribution >= 4 is 23.2 Å². The monoisotopic (exact) mass is 347 g/mol. The molecule has 0 radical (unpaired) electrons. The second kappa shape index (κ2) is 8.18. The molecule has 128 valence electrons.